The van der Waals surface area contributed by atoms with E-state index in [2.05, 4.69) is 10.6 Å². The van der Waals surface area contributed by atoms with Gasteiger partial charge in [0, 0.05) is 25.6 Å². The highest BCUT2D eigenvalue weighted by atomic mass is 19.1. The predicted octanol–water partition coefficient (Wildman–Crippen LogP) is 1.46. The summed E-state index contributed by atoms with van der Waals surface area (Å²) in [5.41, 5.74) is -0.485. The summed E-state index contributed by atoms with van der Waals surface area (Å²) in [5, 5.41) is 5.61. The third-order valence-corrected chi connectivity index (χ3v) is 2.44. The second-order valence-corrected chi connectivity index (χ2v) is 5.15. The van der Waals surface area contributed by atoms with Crippen molar-refractivity contribution in [3.05, 3.63) is 0 Å². The van der Waals surface area contributed by atoms with Gasteiger partial charge in [-0.05, 0) is 27.2 Å². The zero-order valence-corrected chi connectivity index (χ0v) is 10.2. The van der Waals surface area contributed by atoms with Crippen molar-refractivity contribution in [3.63, 3.8) is 0 Å². The average molecular weight is 232 g/mol. The second kappa shape index (κ2) is 5.48. The number of ether oxygens (including phenoxy) is 1. The van der Waals surface area contributed by atoms with Crippen molar-refractivity contribution in [1.82, 2.24) is 10.6 Å². The van der Waals surface area contributed by atoms with Gasteiger partial charge in [0.25, 0.3) is 0 Å². The van der Waals surface area contributed by atoms with Crippen LogP contribution in [0, 0.1) is 5.92 Å². The molecule has 0 spiro atoms. The molecule has 5 heteroatoms. The van der Waals surface area contributed by atoms with E-state index in [0.717, 1.165) is 0 Å². The fourth-order valence-electron chi connectivity index (χ4n) is 1.66. The van der Waals surface area contributed by atoms with Crippen LogP contribution < -0.4 is 10.6 Å². The lowest BCUT2D eigenvalue weighted by Crippen LogP contribution is -2.34. The molecule has 1 aliphatic heterocycles. The summed E-state index contributed by atoms with van der Waals surface area (Å²) in [5.74, 6) is 0.00920. The molecule has 0 bridgehead atoms. The largest absolute Gasteiger partial charge is 0.444 e. The summed E-state index contributed by atoms with van der Waals surface area (Å²) >= 11 is 0. The van der Waals surface area contributed by atoms with E-state index in [9.17, 15) is 9.18 Å². The number of halogens is 1. The molecule has 4 nitrogen and oxygen atoms in total. The standard InChI is InChI=1S/C11H21FN2O2/c1-11(2,3)16-10(15)14-5-4-8-6-13-7-9(8)12/h8-9,13H,4-7H2,1-3H3,(H,14,15). The van der Waals surface area contributed by atoms with Gasteiger partial charge in [-0.3, -0.25) is 0 Å². The van der Waals surface area contributed by atoms with Gasteiger partial charge >= 0.3 is 6.09 Å². The van der Waals surface area contributed by atoms with E-state index in [4.69, 9.17) is 4.74 Å². The summed E-state index contributed by atoms with van der Waals surface area (Å²) in [7, 11) is 0. The number of alkyl halides is 1. The Morgan fingerprint density at radius 2 is 2.19 bits per heavy atom. The lowest BCUT2D eigenvalue weighted by molar-refractivity contribution is 0.0523. The monoisotopic (exact) mass is 232 g/mol. The predicted molar refractivity (Wildman–Crippen MR) is 60.1 cm³/mol. The molecule has 1 heterocycles. The first-order valence-corrected chi connectivity index (χ1v) is 5.70. The molecule has 1 fully saturated rings. The summed E-state index contributed by atoms with van der Waals surface area (Å²) in [6.45, 7) is 7.01. The number of nitrogens with one attached hydrogen (secondary N) is 2. The van der Waals surface area contributed by atoms with E-state index in [1.54, 1.807) is 0 Å². The Balaban J connectivity index is 2.13. The number of carbonyl (C=O) groups is 1. The third-order valence-electron chi connectivity index (χ3n) is 2.44. The molecule has 1 saturated heterocycles. The van der Waals surface area contributed by atoms with E-state index in [0.29, 0.717) is 26.1 Å². The Hall–Kier alpha value is -0.840. The molecular weight excluding hydrogens is 211 g/mol. The number of hydrogen-bond acceptors (Lipinski definition) is 3. The molecule has 94 valence electrons. The molecule has 1 rings (SSSR count). The lowest BCUT2D eigenvalue weighted by atomic mass is 10.0. The Kier molecular flexibility index (Phi) is 4.53. The van der Waals surface area contributed by atoms with Crippen LogP contribution in [0.1, 0.15) is 27.2 Å². The van der Waals surface area contributed by atoms with E-state index in [-0.39, 0.29) is 5.92 Å². The van der Waals surface area contributed by atoms with Crippen LogP contribution in [0.25, 0.3) is 0 Å². The van der Waals surface area contributed by atoms with Gasteiger partial charge in [-0.25, -0.2) is 9.18 Å². The van der Waals surface area contributed by atoms with Crippen LogP contribution in [-0.2, 0) is 4.74 Å². The molecule has 2 N–H and O–H groups in total. The molecule has 2 unspecified atom stereocenters. The highest BCUT2D eigenvalue weighted by Gasteiger charge is 2.26. The minimum absolute atomic E-state index is 0.00920. The third kappa shape index (κ3) is 4.79. The molecule has 0 aromatic heterocycles. The maximum Gasteiger partial charge on any atom is 0.407 e. The summed E-state index contributed by atoms with van der Waals surface area (Å²) in [6, 6.07) is 0. The SMILES string of the molecule is CC(C)(C)OC(=O)NCCC1CNCC1F. The Labute approximate surface area is 95.9 Å². The molecule has 0 aromatic carbocycles. The van der Waals surface area contributed by atoms with Gasteiger partial charge in [0.1, 0.15) is 11.8 Å². The first-order chi connectivity index (χ1) is 7.38. The number of carbonyl (C=O) groups excluding carboxylic acids is 1. The quantitative estimate of drug-likeness (QED) is 0.774. The molecular formula is C11H21FN2O2. The van der Waals surface area contributed by atoms with E-state index < -0.39 is 17.9 Å². The lowest BCUT2D eigenvalue weighted by Gasteiger charge is -2.20. The van der Waals surface area contributed by atoms with Crippen molar-refractivity contribution < 1.29 is 13.9 Å². The minimum Gasteiger partial charge on any atom is -0.444 e. The van der Waals surface area contributed by atoms with Crippen molar-refractivity contribution >= 4 is 6.09 Å². The van der Waals surface area contributed by atoms with Crippen molar-refractivity contribution in [2.45, 2.75) is 39.0 Å². The van der Waals surface area contributed by atoms with E-state index in [1.165, 1.54) is 0 Å². The van der Waals surface area contributed by atoms with E-state index in [1.807, 2.05) is 20.8 Å². The van der Waals surface area contributed by atoms with Crippen LogP contribution in [0.3, 0.4) is 0 Å². The van der Waals surface area contributed by atoms with Gasteiger partial charge in [-0.15, -0.1) is 0 Å². The van der Waals surface area contributed by atoms with Crippen LogP contribution >= 0.6 is 0 Å². The van der Waals surface area contributed by atoms with Gasteiger partial charge in [0.2, 0.25) is 0 Å². The Morgan fingerprint density at radius 3 is 2.69 bits per heavy atom. The number of rotatable bonds is 3. The van der Waals surface area contributed by atoms with Crippen LogP contribution in [-0.4, -0.2) is 37.5 Å². The highest BCUT2D eigenvalue weighted by molar-refractivity contribution is 5.67. The molecule has 0 saturated carbocycles. The molecule has 0 aliphatic carbocycles. The maximum absolute atomic E-state index is 13.2. The van der Waals surface area contributed by atoms with Crippen LogP contribution in [0.15, 0.2) is 0 Å². The first kappa shape index (κ1) is 13.2. The van der Waals surface area contributed by atoms with Crippen molar-refractivity contribution in [3.8, 4) is 0 Å². The van der Waals surface area contributed by atoms with Crippen molar-refractivity contribution in [2.24, 2.45) is 5.92 Å². The van der Waals surface area contributed by atoms with Gasteiger partial charge in [-0.1, -0.05) is 0 Å². The number of hydrogen-bond donors (Lipinski definition) is 2. The first-order valence-electron chi connectivity index (χ1n) is 5.70. The number of amides is 1. The van der Waals surface area contributed by atoms with Gasteiger partial charge in [0.05, 0.1) is 0 Å². The number of alkyl carbamates (subject to hydrolysis) is 1. The molecule has 0 aromatic rings. The minimum atomic E-state index is -0.791. The van der Waals surface area contributed by atoms with Gasteiger partial charge in [-0.2, -0.15) is 0 Å². The molecule has 0 radical (unpaired) electrons. The van der Waals surface area contributed by atoms with Crippen LogP contribution in [0.2, 0.25) is 0 Å². The van der Waals surface area contributed by atoms with Crippen LogP contribution in [0.5, 0.6) is 0 Å². The zero-order chi connectivity index (χ0) is 12.2. The van der Waals surface area contributed by atoms with E-state index >= 15 is 0 Å². The molecule has 1 aliphatic rings. The Morgan fingerprint density at radius 1 is 1.50 bits per heavy atom. The van der Waals surface area contributed by atoms with Crippen LogP contribution in [0.4, 0.5) is 9.18 Å². The smallest absolute Gasteiger partial charge is 0.407 e. The second-order valence-electron chi connectivity index (χ2n) is 5.15. The average Bonchev–Trinajstić information content (AvgIpc) is 2.48. The fraction of sp³-hybridized carbons (Fsp3) is 0.909. The van der Waals surface area contributed by atoms with Gasteiger partial charge in [0.15, 0.2) is 0 Å². The summed E-state index contributed by atoms with van der Waals surface area (Å²) in [6.07, 6.45) is -0.581. The summed E-state index contributed by atoms with van der Waals surface area (Å²) in [4.78, 5) is 11.3. The molecule has 2 atom stereocenters. The van der Waals surface area contributed by atoms with Gasteiger partial charge < -0.3 is 15.4 Å². The van der Waals surface area contributed by atoms with Crippen molar-refractivity contribution in [1.29, 1.82) is 0 Å². The normalized spacial score (nSPS) is 25.5. The fourth-order valence-corrected chi connectivity index (χ4v) is 1.66. The molecule has 1 amide bonds. The topological polar surface area (TPSA) is 50.4 Å². The highest BCUT2D eigenvalue weighted by Crippen LogP contribution is 2.15. The zero-order valence-electron chi connectivity index (χ0n) is 10.2. The Bertz CT molecular complexity index is 241. The maximum atomic E-state index is 13.2. The molecule has 16 heavy (non-hydrogen) atoms. The summed E-state index contributed by atoms with van der Waals surface area (Å²) < 4.78 is 18.2. The van der Waals surface area contributed by atoms with Crippen molar-refractivity contribution in [2.75, 3.05) is 19.6 Å².